The van der Waals surface area contributed by atoms with Gasteiger partial charge in [-0.1, -0.05) is 12.1 Å². The van der Waals surface area contributed by atoms with E-state index in [1.807, 2.05) is 18.2 Å². The summed E-state index contributed by atoms with van der Waals surface area (Å²) in [7, 11) is 0. The van der Waals surface area contributed by atoms with Crippen molar-refractivity contribution in [1.82, 2.24) is 5.32 Å². The van der Waals surface area contributed by atoms with E-state index < -0.39 is 0 Å². The third-order valence-corrected chi connectivity index (χ3v) is 3.36. The predicted molar refractivity (Wildman–Crippen MR) is 70.7 cm³/mol. The first-order chi connectivity index (χ1) is 8.74. The molecule has 0 saturated heterocycles. The highest BCUT2D eigenvalue weighted by Gasteiger charge is 2.22. The first-order valence-electron chi connectivity index (χ1n) is 6.24. The number of fused-ring (bicyclic) bond motifs is 1. The van der Waals surface area contributed by atoms with Crippen molar-refractivity contribution < 1.29 is 9.90 Å². The van der Waals surface area contributed by atoms with Crippen molar-refractivity contribution in [3.63, 3.8) is 0 Å². The number of aromatic hydroxyl groups is 1. The van der Waals surface area contributed by atoms with Gasteiger partial charge in [-0.05, 0) is 53.8 Å². The molecule has 92 valence electrons. The summed E-state index contributed by atoms with van der Waals surface area (Å²) >= 11 is 0. The Morgan fingerprint density at radius 2 is 2.11 bits per heavy atom. The fourth-order valence-corrected chi connectivity index (χ4v) is 2.12. The molecule has 2 aromatic carbocycles. The zero-order valence-electron chi connectivity index (χ0n) is 10.0. The van der Waals surface area contributed by atoms with Gasteiger partial charge in [-0.15, -0.1) is 0 Å². The summed E-state index contributed by atoms with van der Waals surface area (Å²) in [6, 6.07) is 10.6. The molecule has 0 spiro atoms. The Morgan fingerprint density at radius 1 is 1.28 bits per heavy atom. The van der Waals surface area contributed by atoms with Gasteiger partial charge in [0.1, 0.15) is 5.75 Å². The molecule has 2 N–H and O–H groups in total. The average molecular weight is 241 g/mol. The van der Waals surface area contributed by atoms with Gasteiger partial charge in [0, 0.05) is 12.1 Å². The maximum absolute atomic E-state index is 12.1. The summed E-state index contributed by atoms with van der Waals surface area (Å²) in [4.78, 5) is 12.1. The van der Waals surface area contributed by atoms with Crippen LogP contribution in [-0.4, -0.2) is 17.6 Å². The molecule has 0 heterocycles. The second kappa shape index (κ2) is 4.33. The van der Waals surface area contributed by atoms with Crippen LogP contribution in [0.3, 0.4) is 0 Å². The van der Waals surface area contributed by atoms with Gasteiger partial charge in [0.25, 0.3) is 5.91 Å². The molecule has 1 aliphatic carbocycles. The minimum atomic E-state index is -0.0295. The minimum Gasteiger partial charge on any atom is -0.508 e. The molecule has 3 nitrogen and oxygen atoms in total. The van der Waals surface area contributed by atoms with Crippen LogP contribution in [-0.2, 0) is 0 Å². The molecular formula is C15H15NO2. The fourth-order valence-electron chi connectivity index (χ4n) is 2.12. The van der Waals surface area contributed by atoms with E-state index in [0.717, 1.165) is 17.3 Å². The van der Waals surface area contributed by atoms with Crippen LogP contribution in [0.2, 0.25) is 0 Å². The molecule has 0 atom stereocenters. The minimum absolute atomic E-state index is 0.0295. The summed E-state index contributed by atoms with van der Waals surface area (Å²) in [6.45, 7) is 0.771. The summed E-state index contributed by atoms with van der Waals surface area (Å²) in [5, 5.41) is 14.2. The number of carbonyl (C=O) groups excluding carboxylic acids is 1. The molecule has 0 bridgehead atoms. The number of phenols is 1. The van der Waals surface area contributed by atoms with Gasteiger partial charge < -0.3 is 10.4 Å². The van der Waals surface area contributed by atoms with Gasteiger partial charge >= 0.3 is 0 Å². The lowest BCUT2D eigenvalue weighted by molar-refractivity contribution is 0.0953. The van der Waals surface area contributed by atoms with Crippen LogP contribution >= 0.6 is 0 Å². The number of amides is 1. The van der Waals surface area contributed by atoms with Crippen molar-refractivity contribution in [2.24, 2.45) is 5.92 Å². The Bertz CT molecular complexity index is 602. The van der Waals surface area contributed by atoms with Crippen molar-refractivity contribution in [3.8, 4) is 5.75 Å². The second-order valence-electron chi connectivity index (χ2n) is 4.86. The van der Waals surface area contributed by atoms with Crippen LogP contribution in [0.4, 0.5) is 0 Å². The highest BCUT2D eigenvalue weighted by molar-refractivity contribution is 6.07. The van der Waals surface area contributed by atoms with Gasteiger partial charge in [0.05, 0.1) is 0 Å². The molecule has 0 aliphatic heterocycles. The van der Waals surface area contributed by atoms with E-state index in [2.05, 4.69) is 5.32 Å². The van der Waals surface area contributed by atoms with Crippen molar-refractivity contribution in [2.45, 2.75) is 12.8 Å². The monoisotopic (exact) mass is 241 g/mol. The largest absolute Gasteiger partial charge is 0.508 e. The quantitative estimate of drug-likeness (QED) is 0.868. The van der Waals surface area contributed by atoms with E-state index in [1.54, 1.807) is 18.2 Å². The molecule has 1 saturated carbocycles. The Morgan fingerprint density at radius 3 is 2.89 bits per heavy atom. The highest BCUT2D eigenvalue weighted by Crippen LogP contribution is 2.28. The van der Waals surface area contributed by atoms with Crippen LogP contribution in [0.15, 0.2) is 36.4 Å². The Hall–Kier alpha value is -2.03. The number of hydrogen-bond donors (Lipinski definition) is 2. The SMILES string of the molecule is O=C(NCC1CC1)c1cccc2cc(O)ccc12. The van der Waals surface area contributed by atoms with Crippen LogP contribution in [0, 0.1) is 5.92 Å². The molecule has 2 aromatic rings. The van der Waals surface area contributed by atoms with Crippen LogP contribution < -0.4 is 5.32 Å². The summed E-state index contributed by atoms with van der Waals surface area (Å²) in [6.07, 6.45) is 2.45. The topological polar surface area (TPSA) is 49.3 Å². The summed E-state index contributed by atoms with van der Waals surface area (Å²) in [5.74, 6) is 0.865. The molecule has 3 rings (SSSR count). The van der Waals surface area contributed by atoms with Crippen molar-refractivity contribution in [1.29, 1.82) is 0 Å². The molecule has 1 aliphatic rings. The average Bonchev–Trinajstić information content (AvgIpc) is 3.19. The number of nitrogens with one attached hydrogen (secondary N) is 1. The maximum atomic E-state index is 12.1. The molecule has 1 fully saturated rings. The lowest BCUT2D eigenvalue weighted by Gasteiger charge is -2.07. The first-order valence-corrected chi connectivity index (χ1v) is 6.24. The van der Waals surface area contributed by atoms with Gasteiger partial charge in [-0.2, -0.15) is 0 Å². The molecule has 0 unspecified atom stereocenters. The zero-order valence-corrected chi connectivity index (χ0v) is 10.0. The molecule has 3 heteroatoms. The first kappa shape index (κ1) is 11.1. The number of phenolic OH excluding ortho intramolecular Hbond substituents is 1. The fraction of sp³-hybridized carbons (Fsp3) is 0.267. The molecule has 1 amide bonds. The van der Waals surface area contributed by atoms with E-state index in [1.165, 1.54) is 12.8 Å². The van der Waals surface area contributed by atoms with Gasteiger partial charge in [-0.3, -0.25) is 4.79 Å². The third-order valence-electron chi connectivity index (χ3n) is 3.36. The molecule has 0 radical (unpaired) electrons. The standard InChI is InChI=1S/C15H15NO2/c17-12-6-7-13-11(8-12)2-1-3-14(13)15(18)16-9-10-4-5-10/h1-3,6-8,10,17H,4-5,9H2,(H,16,18). The van der Waals surface area contributed by atoms with Gasteiger partial charge in [-0.25, -0.2) is 0 Å². The van der Waals surface area contributed by atoms with Crippen molar-refractivity contribution >= 4 is 16.7 Å². The lowest BCUT2D eigenvalue weighted by Crippen LogP contribution is -2.25. The summed E-state index contributed by atoms with van der Waals surface area (Å²) in [5.41, 5.74) is 0.674. The maximum Gasteiger partial charge on any atom is 0.251 e. The zero-order chi connectivity index (χ0) is 12.5. The molecule has 0 aromatic heterocycles. The van der Waals surface area contributed by atoms with Crippen LogP contribution in [0.5, 0.6) is 5.75 Å². The van der Waals surface area contributed by atoms with Crippen molar-refractivity contribution in [2.75, 3.05) is 6.54 Å². The van der Waals surface area contributed by atoms with E-state index in [-0.39, 0.29) is 11.7 Å². The van der Waals surface area contributed by atoms with E-state index in [9.17, 15) is 9.90 Å². The highest BCUT2D eigenvalue weighted by atomic mass is 16.3. The van der Waals surface area contributed by atoms with Gasteiger partial charge in [0.2, 0.25) is 0 Å². The van der Waals surface area contributed by atoms with Crippen LogP contribution in [0.1, 0.15) is 23.2 Å². The third kappa shape index (κ3) is 2.16. The van der Waals surface area contributed by atoms with E-state index in [0.29, 0.717) is 11.5 Å². The smallest absolute Gasteiger partial charge is 0.251 e. The molecular weight excluding hydrogens is 226 g/mol. The van der Waals surface area contributed by atoms with Crippen molar-refractivity contribution in [3.05, 3.63) is 42.0 Å². The number of benzene rings is 2. The number of rotatable bonds is 3. The molecule has 18 heavy (non-hydrogen) atoms. The Kier molecular flexibility index (Phi) is 2.67. The Balaban J connectivity index is 1.92. The second-order valence-corrected chi connectivity index (χ2v) is 4.86. The predicted octanol–water partition coefficient (Wildman–Crippen LogP) is 2.69. The van der Waals surface area contributed by atoms with Crippen LogP contribution in [0.25, 0.3) is 10.8 Å². The Labute approximate surface area is 105 Å². The summed E-state index contributed by atoms with van der Waals surface area (Å²) < 4.78 is 0. The lowest BCUT2D eigenvalue weighted by atomic mass is 10.0. The van der Waals surface area contributed by atoms with Gasteiger partial charge in [0.15, 0.2) is 0 Å². The normalized spacial score (nSPS) is 14.7. The number of carbonyl (C=O) groups is 1. The van der Waals surface area contributed by atoms with E-state index in [4.69, 9.17) is 0 Å². The van der Waals surface area contributed by atoms with E-state index >= 15 is 0 Å². The number of hydrogen-bond acceptors (Lipinski definition) is 2.